The Morgan fingerprint density at radius 2 is 1.75 bits per heavy atom. The van der Waals surface area contributed by atoms with Gasteiger partial charge >= 0.3 is 0 Å². The van der Waals surface area contributed by atoms with Gasteiger partial charge in [-0.2, -0.15) is 11.8 Å². The molecule has 1 unspecified atom stereocenters. The Kier molecular flexibility index (Phi) is 13.2. The summed E-state index contributed by atoms with van der Waals surface area (Å²) in [5.41, 5.74) is 0. The molecule has 0 amide bonds. The Labute approximate surface area is 107 Å². The van der Waals surface area contributed by atoms with E-state index >= 15 is 0 Å². The quantitative estimate of drug-likeness (QED) is 0.325. The minimum atomic E-state index is 0.878. The summed E-state index contributed by atoms with van der Waals surface area (Å²) in [7, 11) is 0. The van der Waals surface area contributed by atoms with Crippen molar-refractivity contribution in [2.45, 2.75) is 77.4 Å². The number of thioether (sulfide) groups is 1. The molecule has 0 aliphatic rings. The molecule has 0 saturated heterocycles. The maximum Gasteiger partial charge on any atom is 0.00187 e. The van der Waals surface area contributed by atoms with E-state index in [0.29, 0.717) is 0 Å². The molecule has 0 saturated carbocycles. The summed E-state index contributed by atoms with van der Waals surface area (Å²) in [6.07, 6.45) is 15.6. The maximum atomic E-state index is 2.38. The van der Waals surface area contributed by atoms with Crippen molar-refractivity contribution >= 4 is 11.8 Å². The van der Waals surface area contributed by atoms with Crippen LogP contribution in [0.15, 0.2) is 12.2 Å². The lowest BCUT2D eigenvalue weighted by Crippen LogP contribution is -1.97. The molecule has 0 aromatic heterocycles. The van der Waals surface area contributed by atoms with Gasteiger partial charge in [0.1, 0.15) is 0 Å². The highest BCUT2D eigenvalue weighted by Crippen LogP contribution is 2.18. The summed E-state index contributed by atoms with van der Waals surface area (Å²) in [4.78, 5) is 0. The Morgan fingerprint density at radius 1 is 1.06 bits per heavy atom. The largest absolute Gasteiger partial charge is 0.159 e. The molecule has 0 nitrogen and oxygen atoms in total. The second-order valence-corrected chi connectivity index (χ2v) is 6.14. The van der Waals surface area contributed by atoms with E-state index in [-0.39, 0.29) is 0 Å². The summed E-state index contributed by atoms with van der Waals surface area (Å²) in [5, 5.41) is 0.878. The average molecular weight is 242 g/mol. The molecule has 0 spiro atoms. The van der Waals surface area contributed by atoms with Crippen LogP contribution in [0.4, 0.5) is 0 Å². The average Bonchev–Trinajstić information content (AvgIpc) is 2.30. The molecule has 0 aliphatic heterocycles. The van der Waals surface area contributed by atoms with Crippen LogP contribution in [0, 0.1) is 0 Å². The van der Waals surface area contributed by atoms with E-state index in [1.165, 1.54) is 57.1 Å². The third kappa shape index (κ3) is 12.2. The zero-order chi connectivity index (χ0) is 12.1. The summed E-state index contributed by atoms with van der Waals surface area (Å²) in [6, 6.07) is 0. The molecular weight excluding hydrogens is 212 g/mol. The lowest BCUT2D eigenvalue weighted by atomic mass is 10.1. The van der Waals surface area contributed by atoms with Gasteiger partial charge in [-0.1, -0.05) is 51.7 Å². The Hall–Kier alpha value is 0.0900. The van der Waals surface area contributed by atoms with Gasteiger partial charge in [0, 0.05) is 5.25 Å². The van der Waals surface area contributed by atoms with Crippen LogP contribution < -0.4 is 0 Å². The van der Waals surface area contributed by atoms with Crippen molar-refractivity contribution in [2.24, 2.45) is 0 Å². The first-order valence-electron chi connectivity index (χ1n) is 7.04. The van der Waals surface area contributed by atoms with E-state index in [1.807, 2.05) is 0 Å². The van der Waals surface area contributed by atoms with Crippen molar-refractivity contribution < 1.29 is 0 Å². The van der Waals surface area contributed by atoms with E-state index in [2.05, 4.69) is 44.7 Å². The normalized spacial score (nSPS) is 13.4. The molecule has 0 aromatic rings. The standard InChI is InChI=1S/C15H30S/c1-4-6-7-8-9-10-11-12-13-15(3)16-14-5-2/h4,6,15H,5,7-14H2,1-3H3. The minimum absolute atomic E-state index is 0.878. The number of hydrogen-bond donors (Lipinski definition) is 0. The Balaban J connectivity index is 3.08. The monoisotopic (exact) mass is 242 g/mol. The molecule has 0 heterocycles. The molecule has 0 fully saturated rings. The lowest BCUT2D eigenvalue weighted by Gasteiger charge is -2.09. The zero-order valence-corrected chi connectivity index (χ0v) is 12.3. The summed E-state index contributed by atoms with van der Waals surface area (Å²) >= 11 is 2.14. The number of hydrogen-bond acceptors (Lipinski definition) is 1. The van der Waals surface area contributed by atoms with Gasteiger partial charge < -0.3 is 0 Å². The zero-order valence-electron chi connectivity index (χ0n) is 11.5. The van der Waals surface area contributed by atoms with E-state index < -0.39 is 0 Å². The second kappa shape index (κ2) is 13.2. The molecular formula is C15H30S. The predicted octanol–water partition coefficient (Wildman–Crippen LogP) is 5.82. The van der Waals surface area contributed by atoms with E-state index in [9.17, 15) is 0 Å². The van der Waals surface area contributed by atoms with Crippen LogP contribution in [0.5, 0.6) is 0 Å². The van der Waals surface area contributed by atoms with Crippen LogP contribution >= 0.6 is 11.8 Å². The predicted molar refractivity (Wildman–Crippen MR) is 79.3 cm³/mol. The van der Waals surface area contributed by atoms with Crippen molar-refractivity contribution in [2.75, 3.05) is 5.75 Å². The molecule has 0 bridgehead atoms. The Bertz CT molecular complexity index is 152. The third-order valence-electron chi connectivity index (χ3n) is 2.82. The highest BCUT2D eigenvalue weighted by molar-refractivity contribution is 7.99. The molecule has 0 rings (SSSR count). The van der Waals surface area contributed by atoms with Gasteiger partial charge in [0.05, 0.1) is 0 Å². The van der Waals surface area contributed by atoms with E-state index in [1.54, 1.807) is 0 Å². The first-order chi connectivity index (χ1) is 7.81. The number of rotatable bonds is 11. The molecule has 1 heteroatoms. The van der Waals surface area contributed by atoms with Crippen LogP contribution in [0.25, 0.3) is 0 Å². The van der Waals surface area contributed by atoms with Crippen LogP contribution in [0.1, 0.15) is 72.1 Å². The van der Waals surface area contributed by atoms with Crippen molar-refractivity contribution in [3.05, 3.63) is 12.2 Å². The van der Waals surface area contributed by atoms with Gasteiger partial charge in [-0.3, -0.25) is 0 Å². The molecule has 96 valence electrons. The maximum absolute atomic E-state index is 2.38. The van der Waals surface area contributed by atoms with Crippen LogP contribution in [0.2, 0.25) is 0 Å². The van der Waals surface area contributed by atoms with Crippen LogP contribution in [0.3, 0.4) is 0 Å². The van der Waals surface area contributed by atoms with Gasteiger partial charge in [0.2, 0.25) is 0 Å². The first kappa shape index (κ1) is 16.1. The van der Waals surface area contributed by atoms with Gasteiger partial charge in [0.15, 0.2) is 0 Å². The number of allylic oxidation sites excluding steroid dienone is 2. The molecule has 0 aliphatic carbocycles. The molecule has 0 aromatic carbocycles. The fourth-order valence-electron chi connectivity index (χ4n) is 1.79. The smallest absolute Gasteiger partial charge is 0.00187 e. The highest BCUT2D eigenvalue weighted by atomic mass is 32.2. The van der Waals surface area contributed by atoms with Gasteiger partial charge in [0.25, 0.3) is 0 Å². The topological polar surface area (TPSA) is 0 Å². The van der Waals surface area contributed by atoms with Crippen molar-refractivity contribution in [1.82, 2.24) is 0 Å². The van der Waals surface area contributed by atoms with Crippen molar-refractivity contribution in [3.8, 4) is 0 Å². The van der Waals surface area contributed by atoms with Crippen LogP contribution in [-0.2, 0) is 0 Å². The fourth-order valence-corrected chi connectivity index (χ4v) is 2.76. The Morgan fingerprint density at radius 3 is 2.44 bits per heavy atom. The van der Waals surface area contributed by atoms with Gasteiger partial charge in [-0.05, 0) is 38.4 Å². The highest BCUT2D eigenvalue weighted by Gasteiger charge is 2.00. The minimum Gasteiger partial charge on any atom is -0.159 e. The second-order valence-electron chi connectivity index (χ2n) is 4.60. The van der Waals surface area contributed by atoms with E-state index in [0.717, 1.165) is 5.25 Å². The number of unbranched alkanes of at least 4 members (excludes halogenated alkanes) is 5. The SMILES string of the molecule is CC=CCCCCCCCC(C)SCCC. The molecule has 1 atom stereocenters. The van der Waals surface area contributed by atoms with Crippen LogP contribution in [-0.4, -0.2) is 11.0 Å². The van der Waals surface area contributed by atoms with Gasteiger partial charge in [-0.15, -0.1) is 0 Å². The summed E-state index contributed by atoms with van der Waals surface area (Å²) < 4.78 is 0. The first-order valence-corrected chi connectivity index (χ1v) is 8.08. The summed E-state index contributed by atoms with van der Waals surface area (Å²) in [5.74, 6) is 1.34. The van der Waals surface area contributed by atoms with E-state index in [4.69, 9.17) is 0 Å². The summed E-state index contributed by atoms with van der Waals surface area (Å²) in [6.45, 7) is 6.76. The molecule has 16 heavy (non-hydrogen) atoms. The van der Waals surface area contributed by atoms with Gasteiger partial charge in [-0.25, -0.2) is 0 Å². The van der Waals surface area contributed by atoms with Crippen molar-refractivity contribution in [3.63, 3.8) is 0 Å². The fraction of sp³-hybridized carbons (Fsp3) is 0.867. The van der Waals surface area contributed by atoms with Crippen molar-refractivity contribution in [1.29, 1.82) is 0 Å². The lowest BCUT2D eigenvalue weighted by molar-refractivity contribution is 0.596. The molecule has 0 radical (unpaired) electrons. The molecule has 0 N–H and O–H groups in total. The third-order valence-corrected chi connectivity index (χ3v) is 4.27.